The summed E-state index contributed by atoms with van der Waals surface area (Å²) in [5.41, 5.74) is 6.71. The Labute approximate surface area is 111 Å². The Bertz CT molecular complexity index is 560. The maximum absolute atomic E-state index is 9.47. The Morgan fingerprint density at radius 1 is 1.32 bits per heavy atom. The maximum Gasteiger partial charge on any atom is 0.245 e. The van der Waals surface area contributed by atoms with Gasteiger partial charge in [-0.2, -0.15) is 4.98 Å². The van der Waals surface area contributed by atoms with Crippen LogP contribution in [0.5, 0.6) is 5.75 Å². The Kier molecular flexibility index (Phi) is 3.08. The van der Waals surface area contributed by atoms with Crippen molar-refractivity contribution in [3.8, 4) is 17.1 Å². The van der Waals surface area contributed by atoms with Crippen molar-refractivity contribution in [2.75, 3.05) is 18.0 Å². The van der Waals surface area contributed by atoms with Crippen molar-refractivity contribution in [2.24, 2.45) is 5.73 Å². The number of hydrogen-bond acceptors (Lipinski definition) is 5. The number of benzene rings is 1. The largest absolute Gasteiger partial charge is 0.508 e. The summed E-state index contributed by atoms with van der Waals surface area (Å²) in [6, 6.07) is 7.26. The molecule has 100 valence electrons. The highest BCUT2D eigenvalue weighted by Crippen LogP contribution is 2.22. The highest BCUT2D eigenvalue weighted by molar-refractivity contribution is 5.58. The van der Waals surface area contributed by atoms with Crippen LogP contribution < -0.4 is 10.6 Å². The van der Waals surface area contributed by atoms with E-state index in [-0.39, 0.29) is 5.75 Å². The van der Waals surface area contributed by atoms with Gasteiger partial charge in [0.1, 0.15) is 5.75 Å². The van der Waals surface area contributed by atoms with Gasteiger partial charge in [-0.05, 0) is 25.0 Å². The number of anilines is 1. The minimum absolute atomic E-state index is 0.222. The molecule has 6 nitrogen and oxygen atoms in total. The van der Waals surface area contributed by atoms with Crippen LogP contribution >= 0.6 is 0 Å². The van der Waals surface area contributed by atoms with E-state index in [0.717, 1.165) is 31.5 Å². The van der Waals surface area contributed by atoms with Crippen LogP contribution in [-0.2, 0) is 0 Å². The summed E-state index contributed by atoms with van der Waals surface area (Å²) in [7, 11) is 0. The van der Waals surface area contributed by atoms with Crippen molar-refractivity contribution < 1.29 is 5.11 Å². The van der Waals surface area contributed by atoms with Crippen molar-refractivity contribution in [1.82, 2.24) is 15.2 Å². The van der Waals surface area contributed by atoms with Gasteiger partial charge in [0.25, 0.3) is 0 Å². The number of nitrogens with one attached hydrogen (secondary N) is 1. The van der Waals surface area contributed by atoms with Crippen molar-refractivity contribution in [2.45, 2.75) is 18.9 Å². The number of H-pyrrole nitrogens is 1. The molecule has 1 aromatic heterocycles. The molecule has 4 N–H and O–H groups in total. The molecule has 0 unspecified atom stereocenters. The highest BCUT2D eigenvalue weighted by atomic mass is 16.3. The van der Waals surface area contributed by atoms with Gasteiger partial charge in [0.05, 0.1) is 0 Å². The molecule has 19 heavy (non-hydrogen) atoms. The van der Waals surface area contributed by atoms with Gasteiger partial charge >= 0.3 is 0 Å². The van der Waals surface area contributed by atoms with E-state index in [4.69, 9.17) is 5.73 Å². The number of nitrogens with two attached hydrogens (primary N) is 1. The van der Waals surface area contributed by atoms with Gasteiger partial charge in [-0.3, -0.25) is 5.10 Å². The van der Waals surface area contributed by atoms with Crippen LogP contribution in [0.4, 0.5) is 5.95 Å². The first kappa shape index (κ1) is 12.0. The molecule has 0 spiro atoms. The fraction of sp³-hybridized carbons (Fsp3) is 0.385. The number of aromatic hydroxyl groups is 1. The van der Waals surface area contributed by atoms with E-state index < -0.39 is 0 Å². The second-order valence-corrected chi connectivity index (χ2v) is 4.86. The lowest BCUT2D eigenvalue weighted by Crippen LogP contribution is -2.40. The van der Waals surface area contributed by atoms with Crippen LogP contribution in [0.25, 0.3) is 11.4 Å². The lowest BCUT2D eigenvalue weighted by atomic mass is 10.1. The zero-order chi connectivity index (χ0) is 13.2. The van der Waals surface area contributed by atoms with Crippen LogP contribution in [0.3, 0.4) is 0 Å². The lowest BCUT2D eigenvalue weighted by Gasteiger charge is -2.28. The summed E-state index contributed by atoms with van der Waals surface area (Å²) in [4.78, 5) is 6.61. The van der Waals surface area contributed by atoms with Crippen molar-refractivity contribution in [1.29, 1.82) is 0 Å². The molecule has 0 radical (unpaired) electrons. The maximum atomic E-state index is 9.47. The third-order valence-electron chi connectivity index (χ3n) is 3.42. The first-order valence-electron chi connectivity index (χ1n) is 6.45. The van der Waals surface area contributed by atoms with Gasteiger partial charge in [-0.15, -0.1) is 5.10 Å². The standard InChI is InChI=1S/C13H17N5O/c14-10-4-6-18(7-5-10)13-15-12(16-17-13)9-2-1-3-11(19)8-9/h1-3,8,10,19H,4-7,14H2,(H,15,16,17). The fourth-order valence-corrected chi connectivity index (χ4v) is 2.28. The van der Waals surface area contributed by atoms with E-state index in [9.17, 15) is 5.11 Å². The highest BCUT2D eigenvalue weighted by Gasteiger charge is 2.19. The normalized spacial score (nSPS) is 16.8. The number of phenolic OH excluding ortho intramolecular Hbond substituents is 1. The van der Waals surface area contributed by atoms with Crippen molar-refractivity contribution in [3.05, 3.63) is 24.3 Å². The summed E-state index contributed by atoms with van der Waals surface area (Å²) in [6.45, 7) is 1.77. The predicted octanol–water partition coefficient (Wildman–Crippen LogP) is 1.10. The Morgan fingerprint density at radius 3 is 2.84 bits per heavy atom. The number of aromatic nitrogens is 3. The number of nitrogens with zero attached hydrogens (tertiary/aromatic N) is 3. The quantitative estimate of drug-likeness (QED) is 0.751. The molecular weight excluding hydrogens is 242 g/mol. The van der Waals surface area contributed by atoms with Gasteiger partial charge in [0, 0.05) is 24.7 Å². The summed E-state index contributed by atoms with van der Waals surface area (Å²) < 4.78 is 0. The molecule has 1 aromatic carbocycles. The minimum atomic E-state index is 0.222. The molecule has 1 aliphatic rings. The number of hydrogen-bond donors (Lipinski definition) is 3. The minimum Gasteiger partial charge on any atom is -0.508 e. The summed E-state index contributed by atoms with van der Waals surface area (Å²) in [5, 5.41) is 16.6. The monoisotopic (exact) mass is 259 g/mol. The third kappa shape index (κ3) is 2.53. The van der Waals surface area contributed by atoms with E-state index >= 15 is 0 Å². The van der Waals surface area contributed by atoms with E-state index in [2.05, 4.69) is 20.1 Å². The van der Waals surface area contributed by atoms with E-state index in [0.29, 0.717) is 17.8 Å². The molecule has 1 aliphatic heterocycles. The Morgan fingerprint density at radius 2 is 2.11 bits per heavy atom. The Balaban J connectivity index is 1.80. The van der Waals surface area contributed by atoms with Gasteiger partial charge < -0.3 is 15.7 Å². The molecule has 1 saturated heterocycles. The smallest absolute Gasteiger partial charge is 0.245 e. The summed E-state index contributed by atoms with van der Waals surface area (Å²) in [5.74, 6) is 1.59. The van der Waals surface area contributed by atoms with Crippen LogP contribution in [0.1, 0.15) is 12.8 Å². The lowest BCUT2D eigenvalue weighted by molar-refractivity contribution is 0.475. The molecule has 2 heterocycles. The predicted molar refractivity (Wildman–Crippen MR) is 72.9 cm³/mol. The zero-order valence-electron chi connectivity index (χ0n) is 10.6. The van der Waals surface area contributed by atoms with Crippen molar-refractivity contribution >= 4 is 5.95 Å². The number of aromatic amines is 1. The molecule has 3 rings (SSSR count). The SMILES string of the molecule is NC1CCN(c2n[nH]c(-c3cccc(O)c3)n2)CC1. The Hall–Kier alpha value is -2.08. The molecule has 0 bridgehead atoms. The fourth-order valence-electron chi connectivity index (χ4n) is 2.28. The van der Waals surface area contributed by atoms with Crippen molar-refractivity contribution in [3.63, 3.8) is 0 Å². The molecule has 2 aromatic rings. The third-order valence-corrected chi connectivity index (χ3v) is 3.42. The van der Waals surface area contributed by atoms with Crippen LogP contribution in [0, 0.1) is 0 Å². The number of phenols is 1. The molecule has 6 heteroatoms. The topological polar surface area (TPSA) is 91.1 Å². The van der Waals surface area contributed by atoms with E-state index in [1.165, 1.54) is 0 Å². The van der Waals surface area contributed by atoms with E-state index in [1.807, 2.05) is 6.07 Å². The van der Waals surface area contributed by atoms with Gasteiger partial charge in [0.2, 0.25) is 5.95 Å². The first-order chi connectivity index (χ1) is 9.22. The van der Waals surface area contributed by atoms with Gasteiger partial charge in [0.15, 0.2) is 5.82 Å². The second kappa shape index (κ2) is 4.89. The van der Waals surface area contributed by atoms with Gasteiger partial charge in [-0.25, -0.2) is 0 Å². The van der Waals surface area contributed by atoms with Gasteiger partial charge in [-0.1, -0.05) is 12.1 Å². The first-order valence-corrected chi connectivity index (χ1v) is 6.45. The molecule has 0 aliphatic carbocycles. The molecule has 1 fully saturated rings. The average Bonchev–Trinajstić information content (AvgIpc) is 2.89. The molecule has 0 saturated carbocycles. The van der Waals surface area contributed by atoms with E-state index in [1.54, 1.807) is 18.2 Å². The summed E-state index contributed by atoms with van der Waals surface area (Å²) in [6.07, 6.45) is 1.94. The number of piperidine rings is 1. The second-order valence-electron chi connectivity index (χ2n) is 4.86. The van der Waals surface area contributed by atoms with Crippen LogP contribution in [0.2, 0.25) is 0 Å². The average molecular weight is 259 g/mol. The molecule has 0 atom stereocenters. The van der Waals surface area contributed by atoms with Crippen LogP contribution in [0.15, 0.2) is 24.3 Å². The zero-order valence-corrected chi connectivity index (χ0v) is 10.6. The van der Waals surface area contributed by atoms with Crippen LogP contribution in [-0.4, -0.2) is 39.4 Å². The molecular formula is C13H17N5O. The summed E-state index contributed by atoms with van der Waals surface area (Å²) >= 11 is 0. The molecule has 0 amide bonds. The number of rotatable bonds is 2.